The maximum Gasteiger partial charge on any atom is 0.270 e. The van der Waals surface area contributed by atoms with Gasteiger partial charge in [0.1, 0.15) is 11.6 Å². The summed E-state index contributed by atoms with van der Waals surface area (Å²) in [4.78, 5) is 14.1. The third-order valence-electron chi connectivity index (χ3n) is 2.67. The molecule has 2 rings (SSSR count). The molecule has 0 unspecified atom stereocenters. The van der Waals surface area contributed by atoms with E-state index in [-0.39, 0.29) is 29.4 Å². The number of hydrogen-bond donors (Lipinski definition) is 1. The molecule has 0 heterocycles. The van der Waals surface area contributed by atoms with Crippen LogP contribution >= 0.6 is 0 Å². The number of phenolic OH excluding ortho intramolecular Hbond substituents is 1. The first-order valence-corrected chi connectivity index (χ1v) is 5.78. The first-order chi connectivity index (χ1) is 9.58. The first kappa shape index (κ1) is 13.7. The van der Waals surface area contributed by atoms with Gasteiger partial charge in [0.2, 0.25) is 0 Å². The maximum absolute atomic E-state index is 13.4. The number of aromatic hydroxyl groups is 1. The summed E-state index contributed by atoms with van der Waals surface area (Å²) >= 11 is 0. The number of halogens is 1. The number of hydrogen-bond acceptors (Lipinski definition) is 4. The Kier molecular flexibility index (Phi) is 4.05. The normalized spacial score (nSPS) is 10.8. The average molecular weight is 274 g/mol. The van der Waals surface area contributed by atoms with Gasteiger partial charge in [-0.25, -0.2) is 4.39 Å². The van der Waals surface area contributed by atoms with Gasteiger partial charge in [-0.3, -0.25) is 15.1 Å². The lowest BCUT2D eigenvalue weighted by Crippen LogP contribution is -1.92. The van der Waals surface area contributed by atoms with E-state index in [1.165, 1.54) is 30.5 Å². The predicted molar refractivity (Wildman–Crippen MR) is 72.5 cm³/mol. The Bertz CT molecular complexity index is 671. The quantitative estimate of drug-likeness (QED) is 0.529. The number of rotatable bonds is 4. The fourth-order valence-corrected chi connectivity index (χ4v) is 1.63. The molecule has 0 bridgehead atoms. The molecule has 0 radical (unpaired) electrons. The molecular weight excluding hydrogens is 263 g/mol. The third kappa shape index (κ3) is 3.17. The third-order valence-corrected chi connectivity index (χ3v) is 2.67. The van der Waals surface area contributed by atoms with E-state index < -0.39 is 4.92 Å². The Balaban J connectivity index is 2.17. The highest BCUT2D eigenvalue weighted by Crippen LogP contribution is 2.21. The second-order valence-electron chi connectivity index (χ2n) is 4.06. The van der Waals surface area contributed by atoms with Crippen LogP contribution in [0.5, 0.6) is 5.75 Å². The molecule has 0 fully saturated rings. The number of nitro benzene ring substituents is 1. The number of phenols is 1. The first-order valence-electron chi connectivity index (χ1n) is 5.78. The molecule has 6 heteroatoms. The van der Waals surface area contributed by atoms with Crippen molar-refractivity contribution >= 4 is 11.9 Å². The molecule has 0 atom stereocenters. The number of aliphatic imine (C=N–C) groups is 1. The Labute approximate surface area is 114 Å². The van der Waals surface area contributed by atoms with E-state index in [2.05, 4.69) is 4.99 Å². The molecule has 0 aliphatic carbocycles. The SMILES string of the molecule is O=[N+]([O-])c1ccc(O)c(C=NCc2ccccc2F)c1. The summed E-state index contributed by atoms with van der Waals surface area (Å²) < 4.78 is 13.4. The minimum Gasteiger partial charge on any atom is -0.507 e. The van der Waals surface area contributed by atoms with Crippen LogP contribution in [0.2, 0.25) is 0 Å². The molecule has 0 spiro atoms. The van der Waals surface area contributed by atoms with Crippen LogP contribution in [0.15, 0.2) is 47.5 Å². The van der Waals surface area contributed by atoms with Crippen LogP contribution in [-0.2, 0) is 6.54 Å². The highest BCUT2D eigenvalue weighted by Gasteiger charge is 2.08. The number of nitrogens with zero attached hydrogens (tertiary/aromatic N) is 2. The molecule has 0 saturated carbocycles. The Morgan fingerprint density at radius 3 is 2.75 bits per heavy atom. The Morgan fingerprint density at radius 2 is 2.05 bits per heavy atom. The second-order valence-corrected chi connectivity index (χ2v) is 4.06. The molecular formula is C14H11FN2O3. The molecule has 0 amide bonds. The smallest absolute Gasteiger partial charge is 0.270 e. The predicted octanol–water partition coefficient (Wildman–Crippen LogP) is 3.06. The number of benzene rings is 2. The molecule has 2 aromatic carbocycles. The zero-order valence-corrected chi connectivity index (χ0v) is 10.4. The van der Waals surface area contributed by atoms with E-state index >= 15 is 0 Å². The van der Waals surface area contributed by atoms with E-state index in [1.54, 1.807) is 18.2 Å². The summed E-state index contributed by atoms with van der Waals surface area (Å²) in [5.41, 5.74) is 0.486. The highest BCUT2D eigenvalue weighted by atomic mass is 19.1. The van der Waals surface area contributed by atoms with E-state index in [1.807, 2.05) is 0 Å². The summed E-state index contributed by atoms with van der Waals surface area (Å²) in [6.45, 7) is 0.0921. The van der Waals surface area contributed by atoms with Gasteiger partial charge in [-0.15, -0.1) is 0 Å². The van der Waals surface area contributed by atoms with Crippen molar-refractivity contribution in [3.63, 3.8) is 0 Å². The van der Waals surface area contributed by atoms with Gasteiger partial charge < -0.3 is 5.11 Å². The summed E-state index contributed by atoms with van der Waals surface area (Å²) in [7, 11) is 0. The summed E-state index contributed by atoms with van der Waals surface area (Å²) in [5, 5.41) is 20.2. The molecule has 5 nitrogen and oxygen atoms in total. The molecule has 20 heavy (non-hydrogen) atoms. The average Bonchev–Trinajstić information content (AvgIpc) is 2.42. The van der Waals surface area contributed by atoms with E-state index in [9.17, 15) is 19.6 Å². The van der Waals surface area contributed by atoms with Gasteiger partial charge in [0.15, 0.2) is 0 Å². The topological polar surface area (TPSA) is 75.7 Å². The molecule has 0 saturated heterocycles. The fraction of sp³-hybridized carbons (Fsp3) is 0.0714. The Morgan fingerprint density at radius 1 is 1.30 bits per heavy atom. The van der Waals surface area contributed by atoms with Gasteiger partial charge in [0, 0.05) is 29.5 Å². The summed E-state index contributed by atoms with van der Waals surface area (Å²) in [6, 6.07) is 9.83. The van der Waals surface area contributed by atoms with Crippen molar-refractivity contribution in [3.8, 4) is 5.75 Å². The Hall–Kier alpha value is -2.76. The van der Waals surface area contributed by atoms with Crippen LogP contribution < -0.4 is 0 Å². The fourth-order valence-electron chi connectivity index (χ4n) is 1.63. The molecule has 102 valence electrons. The lowest BCUT2D eigenvalue weighted by atomic mass is 10.2. The van der Waals surface area contributed by atoms with Crippen molar-refractivity contribution in [3.05, 3.63) is 69.5 Å². The highest BCUT2D eigenvalue weighted by molar-refractivity contribution is 5.84. The lowest BCUT2D eigenvalue weighted by Gasteiger charge is -2.00. The molecule has 2 aromatic rings. The number of non-ortho nitro benzene ring substituents is 1. The number of nitro groups is 1. The lowest BCUT2D eigenvalue weighted by molar-refractivity contribution is -0.384. The summed E-state index contributed by atoms with van der Waals surface area (Å²) in [5.74, 6) is -0.485. The van der Waals surface area contributed by atoms with Crippen LogP contribution in [0.1, 0.15) is 11.1 Å². The van der Waals surface area contributed by atoms with Crippen molar-refractivity contribution in [2.45, 2.75) is 6.54 Å². The maximum atomic E-state index is 13.4. The van der Waals surface area contributed by atoms with Crippen LogP contribution in [0, 0.1) is 15.9 Å². The van der Waals surface area contributed by atoms with Gasteiger partial charge in [-0.1, -0.05) is 18.2 Å². The van der Waals surface area contributed by atoms with Gasteiger partial charge in [-0.2, -0.15) is 0 Å². The zero-order chi connectivity index (χ0) is 14.5. The van der Waals surface area contributed by atoms with Crippen LogP contribution in [0.25, 0.3) is 0 Å². The van der Waals surface area contributed by atoms with Gasteiger partial charge in [0.05, 0.1) is 11.5 Å². The van der Waals surface area contributed by atoms with Crippen LogP contribution in [-0.4, -0.2) is 16.2 Å². The largest absolute Gasteiger partial charge is 0.507 e. The monoisotopic (exact) mass is 274 g/mol. The van der Waals surface area contributed by atoms with Crippen molar-refractivity contribution in [2.75, 3.05) is 0 Å². The summed E-state index contributed by atoms with van der Waals surface area (Å²) in [6.07, 6.45) is 1.29. The molecule has 0 aliphatic rings. The second kappa shape index (κ2) is 5.92. The van der Waals surface area contributed by atoms with Gasteiger partial charge in [0.25, 0.3) is 5.69 Å². The molecule has 0 aliphatic heterocycles. The van der Waals surface area contributed by atoms with Gasteiger partial charge >= 0.3 is 0 Å². The minimum atomic E-state index is -0.562. The van der Waals surface area contributed by atoms with Crippen molar-refractivity contribution in [1.29, 1.82) is 0 Å². The van der Waals surface area contributed by atoms with E-state index in [0.29, 0.717) is 5.56 Å². The van der Waals surface area contributed by atoms with E-state index in [0.717, 1.165) is 0 Å². The zero-order valence-electron chi connectivity index (χ0n) is 10.4. The molecule has 1 N–H and O–H groups in total. The molecule has 0 aromatic heterocycles. The minimum absolute atomic E-state index is 0.0921. The standard InChI is InChI=1S/C14H11FN2O3/c15-13-4-2-1-3-10(13)8-16-9-11-7-12(17(19)20)5-6-14(11)18/h1-7,9,18H,8H2. The van der Waals surface area contributed by atoms with Gasteiger partial charge in [-0.05, 0) is 12.1 Å². The van der Waals surface area contributed by atoms with Crippen molar-refractivity contribution in [2.24, 2.45) is 4.99 Å². The van der Waals surface area contributed by atoms with E-state index in [4.69, 9.17) is 0 Å². The van der Waals surface area contributed by atoms with Crippen molar-refractivity contribution < 1.29 is 14.4 Å². The van der Waals surface area contributed by atoms with Crippen LogP contribution in [0.4, 0.5) is 10.1 Å². The van der Waals surface area contributed by atoms with Crippen molar-refractivity contribution in [1.82, 2.24) is 0 Å². The van der Waals surface area contributed by atoms with Crippen LogP contribution in [0.3, 0.4) is 0 Å².